The summed E-state index contributed by atoms with van der Waals surface area (Å²) in [5, 5.41) is 4.03. The van der Waals surface area contributed by atoms with Gasteiger partial charge in [0.05, 0.1) is 17.4 Å². The van der Waals surface area contributed by atoms with E-state index in [-0.39, 0.29) is 11.9 Å². The van der Waals surface area contributed by atoms with E-state index in [1.165, 1.54) is 0 Å². The minimum atomic E-state index is -0.0399. The van der Waals surface area contributed by atoms with E-state index < -0.39 is 0 Å². The lowest BCUT2D eigenvalue weighted by atomic mass is 9.97. The van der Waals surface area contributed by atoms with E-state index in [0.717, 1.165) is 37.2 Å². The van der Waals surface area contributed by atoms with Gasteiger partial charge in [-0.05, 0) is 38.7 Å². The largest absolute Gasteiger partial charge is 0.361 e. The Kier molecular flexibility index (Phi) is 3.99. The van der Waals surface area contributed by atoms with Gasteiger partial charge in [-0.1, -0.05) is 12.1 Å². The molecule has 4 rings (SSSR count). The summed E-state index contributed by atoms with van der Waals surface area (Å²) in [6.07, 6.45) is 9.20. The summed E-state index contributed by atoms with van der Waals surface area (Å²) in [5.41, 5.74) is 2.22. The third-order valence-corrected chi connectivity index (χ3v) is 4.87. The first-order chi connectivity index (χ1) is 12.2. The number of hydrogen-bond acceptors (Lipinski definition) is 5. The molecule has 130 valence electrons. The highest BCUT2D eigenvalue weighted by Crippen LogP contribution is 2.32. The molecule has 1 aliphatic rings. The Morgan fingerprint density at radius 2 is 2.24 bits per heavy atom. The molecule has 1 atom stereocenters. The van der Waals surface area contributed by atoms with Crippen molar-refractivity contribution in [3.8, 4) is 0 Å². The van der Waals surface area contributed by atoms with Crippen LogP contribution in [0.1, 0.15) is 59.7 Å². The standard InChI is InChI=1S/C18H21N5O2/c1-3-13-16(12(2)25-21-13)17(24)23-9-5-4-6-15(23)14-7-10-22-11-8-19-18(22)20-14/h7-8,10-11,15H,3-6,9H2,1-2H3/t15-/m1/s1. The van der Waals surface area contributed by atoms with Crippen molar-refractivity contribution in [2.24, 2.45) is 0 Å². The number of fused-ring (bicyclic) bond motifs is 1. The minimum absolute atomic E-state index is 0.00897. The molecule has 0 radical (unpaired) electrons. The zero-order valence-corrected chi connectivity index (χ0v) is 14.5. The summed E-state index contributed by atoms with van der Waals surface area (Å²) in [6, 6.07) is 1.94. The number of imidazole rings is 1. The molecule has 1 aliphatic heterocycles. The van der Waals surface area contributed by atoms with Gasteiger partial charge in [0.1, 0.15) is 11.3 Å². The molecule has 0 aliphatic carbocycles. The van der Waals surface area contributed by atoms with Crippen molar-refractivity contribution in [3.63, 3.8) is 0 Å². The smallest absolute Gasteiger partial charge is 0.259 e. The Hall–Kier alpha value is -2.70. The van der Waals surface area contributed by atoms with E-state index in [0.29, 0.717) is 23.5 Å². The van der Waals surface area contributed by atoms with Gasteiger partial charge in [-0.15, -0.1) is 0 Å². The van der Waals surface area contributed by atoms with E-state index in [4.69, 9.17) is 4.52 Å². The van der Waals surface area contributed by atoms with Gasteiger partial charge in [-0.3, -0.25) is 9.20 Å². The average Bonchev–Trinajstić information content (AvgIpc) is 3.26. The quantitative estimate of drug-likeness (QED) is 0.733. The highest BCUT2D eigenvalue weighted by Gasteiger charge is 2.33. The van der Waals surface area contributed by atoms with Crippen LogP contribution < -0.4 is 0 Å². The Bertz CT molecular complexity index is 913. The van der Waals surface area contributed by atoms with E-state index >= 15 is 0 Å². The molecule has 3 aromatic rings. The van der Waals surface area contributed by atoms with Crippen LogP contribution in [-0.4, -0.2) is 36.9 Å². The number of carbonyl (C=O) groups excluding carboxylic acids is 1. The zero-order chi connectivity index (χ0) is 17.4. The maximum atomic E-state index is 13.2. The predicted octanol–water partition coefficient (Wildman–Crippen LogP) is 2.96. The SMILES string of the molecule is CCc1noc(C)c1C(=O)N1CCCC[C@@H]1c1ccn2ccnc2n1. The highest BCUT2D eigenvalue weighted by atomic mass is 16.5. The van der Waals surface area contributed by atoms with Crippen LogP contribution in [0.15, 0.2) is 29.2 Å². The van der Waals surface area contributed by atoms with Crippen molar-refractivity contribution >= 4 is 11.7 Å². The van der Waals surface area contributed by atoms with Crippen LogP contribution in [0.5, 0.6) is 0 Å². The Morgan fingerprint density at radius 3 is 3.08 bits per heavy atom. The fourth-order valence-corrected chi connectivity index (χ4v) is 3.56. The van der Waals surface area contributed by atoms with Crippen molar-refractivity contribution in [1.29, 1.82) is 0 Å². The van der Waals surface area contributed by atoms with Gasteiger partial charge in [0.15, 0.2) is 0 Å². The number of nitrogens with zero attached hydrogens (tertiary/aromatic N) is 5. The molecular weight excluding hydrogens is 318 g/mol. The minimum Gasteiger partial charge on any atom is -0.361 e. The maximum Gasteiger partial charge on any atom is 0.259 e. The molecule has 0 bridgehead atoms. The summed E-state index contributed by atoms with van der Waals surface area (Å²) in [6.45, 7) is 4.50. The molecule has 1 amide bonds. The second kappa shape index (κ2) is 6.31. The molecule has 7 heteroatoms. The van der Waals surface area contributed by atoms with Gasteiger partial charge in [0.2, 0.25) is 5.78 Å². The topological polar surface area (TPSA) is 76.5 Å². The zero-order valence-electron chi connectivity index (χ0n) is 14.5. The van der Waals surface area contributed by atoms with E-state index in [9.17, 15) is 4.79 Å². The summed E-state index contributed by atoms with van der Waals surface area (Å²) in [5.74, 6) is 1.24. The molecule has 3 aromatic heterocycles. The van der Waals surface area contributed by atoms with Crippen LogP contribution in [0.3, 0.4) is 0 Å². The van der Waals surface area contributed by atoms with Crippen LogP contribution in [0.2, 0.25) is 0 Å². The number of likely N-dealkylation sites (tertiary alicyclic amines) is 1. The Labute approximate surface area is 145 Å². The Morgan fingerprint density at radius 1 is 1.36 bits per heavy atom. The van der Waals surface area contributed by atoms with Crippen LogP contribution in [0, 0.1) is 6.92 Å². The van der Waals surface area contributed by atoms with Gasteiger partial charge in [-0.25, -0.2) is 9.97 Å². The number of aromatic nitrogens is 4. The van der Waals surface area contributed by atoms with Crippen molar-refractivity contribution < 1.29 is 9.32 Å². The van der Waals surface area contributed by atoms with Crippen molar-refractivity contribution in [2.45, 2.75) is 45.6 Å². The molecule has 0 saturated carbocycles. The molecular formula is C18H21N5O2. The predicted molar refractivity (Wildman–Crippen MR) is 91.2 cm³/mol. The van der Waals surface area contributed by atoms with Crippen molar-refractivity contribution in [3.05, 3.63) is 47.4 Å². The monoisotopic (exact) mass is 339 g/mol. The second-order valence-electron chi connectivity index (χ2n) is 6.41. The summed E-state index contributed by atoms with van der Waals surface area (Å²) in [4.78, 5) is 24.1. The van der Waals surface area contributed by atoms with E-state index in [1.54, 1.807) is 13.1 Å². The number of aryl methyl sites for hydroxylation is 2. The highest BCUT2D eigenvalue weighted by molar-refractivity contribution is 5.96. The lowest BCUT2D eigenvalue weighted by molar-refractivity contribution is 0.0603. The van der Waals surface area contributed by atoms with Crippen LogP contribution >= 0.6 is 0 Å². The molecule has 7 nitrogen and oxygen atoms in total. The second-order valence-corrected chi connectivity index (χ2v) is 6.41. The van der Waals surface area contributed by atoms with Crippen LogP contribution in [0.25, 0.3) is 5.78 Å². The molecule has 0 aromatic carbocycles. The number of carbonyl (C=O) groups is 1. The van der Waals surface area contributed by atoms with Gasteiger partial charge in [0, 0.05) is 25.1 Å². The third-order valence-electron chi connectivity index (χ3n) is 4.87. The summed E-state index contributed by atoms with van der Waals surface area (Å²) < 4.78 is 7.13. The molecule has 0 spiro atoms. The molecule has 0 N–H and O–H groups in total. The van der Waals surface area contributed by atoms with Gasteiger partial charge in [0.25, 0.3) is 5.91 Å². The molecule has 25 heavy (non-hydrogen) atoms. The van der Waals surface area contributed by atoms with Gasteiger partial charge in [-0.2, -0.15) is 0 Å². The fraction of sp³-hybridized carbons (Fsp3) is 0.444. The van der Waals surface area contributed by atoms with E-state index in [1.807, 2.05) is 34.7 Å². The average molecular weight is 339 g/mol. The molecule has 1 fully saturated rings. The third kappa shape index (κ3) is 2.69. The maximum absolute atomic E-state index is 13.2. The van der Waals surface area contributed by atoms with Gasteiger partial charge < -0.3 is 9.42 Å². The summed E-state index contributed by atoms with van der Waals surface area (Å²) >= 11 is 0. The molecule has 1 saturated heterocycles. The molecule has 4 heterocycles. The first-order valence-electron chi connectivity index (χ1n) is 8.74. The first kappa shape index (κ1) is 15.8. The van der Waals surface area contributed by atoms with Crippen molar-refractivity contribution in [1.82, 2.24) is 24.4 Å². The fourth-order valence-electron chi connectivity index (χ4n) is 3.56. The number of hydrogen-bond donors (Lipinski definition) is 0. The number of rotatable bonds is 3. The van der Waals surface area contributed by atoms with Crippen molar-refractivity contribution in [2.75, 3.05) is 6.54 Å². The van der Waals surface area contributed by atoms with Crippen LogP contribution in [-0.2, 0) is 6.42 Å². The van der Waals surface area contributed by atoms with Crippen LogP contribution in [0.4, 0.5) is 0 Å². The normalized spacial score (nSPS) is 18.0. The molecule has 0 unspecified atom stereocenters. The number of piperidine rings is 1. The summed E-state index contributed by atoms with van der Waals surface area (Å²) in [7, 11) is 0. The Balaban J connectivity index is 1.71. The first-order valence-corrected chi connectivity index (χ1v) is 8.74. The lowest BCUT2D eigenvalue weighted by Gasteiger charge is -2.35. The number of amides is 1. The van der Waals surface area contributed by atoms with E-state index in [2.05, 4.69) is 15.1 Å². The van der Waals surface area contributed by atoms with Gasteiger partial charge >= 0.3 is 0 Å². The lowest BCUT2D eigenvalue weighted by Crippen LogP contribution is -2.39.